The monoisotopic (exact) mass is 452 g/mol. The number of furan rings is 1. The van der Waals surface area contributed by atoms with E-state index in [-0.39, 0.29) is 12.4 Å². The second-order valence-electron chi connectivity index (χ2n) is 6.32. The van der Waals surface area contributed by atoms with Crippen molar-refractivity contribution in [1.82, 2.24) is 4.98 Å². The summed E-state index contributed by atoms with van der Waals surface area (Å²) < 4.78 is 16.7. The molecule has 1 amide bonds. The summed E-state index contributed by atoms with van der Waals surface area (Å²) in [6, 6.07) is 16.8. The van der Waals surface area contributed by atoms with Crippen LogP contribution in [0.5, 0.6) is 11.5 Å². The molecule has 10 nitrogen and oxygen atoms in total. The summed E-state index contributed by atoms with van der Waals surface area (Å²) in [6.45, 7) is -0.293. The van der Waals surface area contributed by atoms with E-state index in [1.54, 1.807) is 49.6 Å². The van der Waals surface area contributed by atoms with Crippen molar-refractivity contribution >= 4 is 44.7 Å². The number of fused-ring (bicyclic) bond motifs is 1. The second kappa shape index (κ2) is 9.27. The molecular formula is C21H16N4O6S. The van der Waals surface area contributed by atoms with E-state index in [0.717, 1.165) is 9.71 Å². The van der Waals surface area contributed by atoms with Gasteiger partial charge in [-0.15, -0.1) is 0 Å². The molecule has 4 aromatic rings. The van der Waals surface area contributed by atoms with E-state index >= 15 is 0 Å². The molecule has 4 rings (SSSR count). The summed E-state index contributed by atoms with van der Waals surface area (Å²) in [5.74, 6) is 0.382. The van der Waals surface area contributed by atoms with Crippen LogP contribution in [0.15, 0.2) is 70.2 Å². The van der Waals surface area contributed by atoms with Gasteiger partial charge < -0.3 is 13.9 Å². The number of hydrazone groups is 1. The lowest BCUT2D eigenvalue weighted by Crippen LogP contribution is -2.30. The summed E-state index contributed by atoms with van der Waals surface area (Å²) in [5, 5.41) is 16.4. The summed E-state index contributed by atoms with van der Waals surface area (Å²) in [7, 11) is 1.56. The van der Waals surface area contributed by atoms with Crippen molar-refractivity contribution in [1.29, 1.82) is 0 Å². The maximum absolute atomic E-state index is 12.9. The molecule has 162 valence electrons. The third-order valence-electron chi connectivity index (χ3n) is 4.20. The average Bonchev–Trinajstić information content (AvgIpc) is 3.45. The highest BCUT2D eigenvalue weighted by molar-refractivity contribution is 7.22. The third kappa shape index (κ3) is 4.73. The van der Waals surface area contributed by atoms with E-state index in [2.05, 4.69) is 10.1 Å². The Morgan fingerprint density at radius 2 is 2.03 bits per heavy atom. The molecule has 2 heterocycles. The Bertz CT molecular complexity index is 1280. The Balaban J connectivity index is 1.62. The van der Waals surface area contributed by atoms with Crippen LogP contribution in [0.2, 0.25) is 0 Å². The zero-order valence-electron chi connectivity index (χ0n) is 16.7. The molecule has 0 bridgehead atoms. The van der Waals surface area contributed by atoms with Gasteiger partial charge in [-0.2, -0.15) is 10.1 Å². The minimum absolute atomic E-state index is 0.112. The van der Waals surface area contributed by atoms with Gasteiger partial charge in [0.25, 0.3) is 5.91 Å². The maximum atomic E-state index is 12.9. The summed E-state index contributed by atoms with van der Waals surface area (Å²) >= 11 is 1.24. The van der Waals surface area contributed by atoms with Crippen LogP contribution in [0.3, 0.4) is 0 Å². The number of para-hydroxylation sites is 1. The van der Waals surface area contributed by atoms with E-state index in [1.807, 2.05) is 6.07 Å². The molecule has 0 aliphatic carbocycles. The molecular weight excluding hydrogens is 436 g/mol. The van der Waals surface area contributed by atoms with Gasteiger partial charge in [0.15, 0.2) is 12.4 Å². The highest BCUT2D eigenvalue weighted by atomic mass is 32.1. The molecule has 0 spiro atoms. The Hall–Kier alpha value is -4.25. The lowest BCUT2D eigenvalue weighted by Gasteiger charge is -2.14. The van der Waals surface area contributed by atoms with E-state index in [1.165, 1.54) is 29.7 Å². The van der Waals surface area contributed by atoms with Gasteiger partial charge in [-0.3, -0.25) is 14.9 Å². The minimum Gasteiger partial charge on any atom is -0.497 e. The van der Waals surface area contributed by atoms with Crippen molar-refractivity contribution in [2.45, 2.75) is 0 Å². The zero-order chi connectivity index (χ0) is 22.5. The summed E-state index contributed by atoms with van der Waals surface area (Å²) in [4.78, 5) is 27.6. The first-order valence-electron chi connectivity index (χ1n) is 9.27. The molecule has 0 aliphatic heterocycles. The SMILES string of the molecule is COc1ccc2nc(N(/N=C/c3ccc([N+](=O)[O-])o3)C(=O)COc3ccccc3)sc2c1. The molecule has 0 atom stereocenters. The van der Waals surface area contributed by atoms with Crippen LogP contribution in [0.25, 0.3) is 10.2 Å². The molecule has 32 heavy (non-hydrogen) atoms. The number of thiazole rings is 1. The first-order valence-corrected chi connectivity index (χ1v) is 10.1. The fourth-order valence-electron chi connectivity index (χ4n) is 2.68. The highest BCUT2D eigenvalue weighted by Crippen LogP contribution is 2.32. The van der Waals surface area contributed by atoms with Crippen molar-refractivity contribution in [2.75, 3.05) is 18.7 Å². The van der Waals surface area contributed by atoms with E-state index in [0.29, 0.717) is 22.1 Å². The Morgan fingerprint density at radius 3 is 2.75 bits per heavy atom. The summed E-state index contributed by atoms with van der Waals surface area (Å²) in [6.07, 6.45) is 1.21. The van der Waals surface area contributed by atoms with Crippen molar-refractivity contribution in [3.8, 4) is 11.5 Å². The smallest absolute Gasteiger partial charge is 0.433 e. The maximum Gasteiger partial charge on any atom is 0.433 e. The topological polar surface area (TPSA) is 120 Å². The first kappa shape index (κ1) is 21.0. The number of hydrogen-bond donors (Lipinski definition) is 0. The van der Waals surface area contributed by atoms with Crippen molar-refractivity contribution in [3.63, 3.8) is 0 Å². The van der Waals surface area contributed by atoms with E-state index in [9.17, 15) is 14.9 Å². The number of rotatable bonds is 8. The number of amides is 1. The number of hydrogen-bond acceptors (Lipinski definition) is 9. The number of ether oxygens (including phenoxy) is 2. The number of carbonyl (C=O) groups excluding carboxylic acids is 1. The molecule has 11 heteroatoms. The molecule has 0 fully saturated rings. The predicted octanol–water partition coefficient (Wildman–Crippen LogP) is 4.25. The van der Waals surface area contributed by atoms with Crippen LogP contribution in [0.4, 0.5) is 11.0 Å². The van der Waals surface area contributed by atoms with Gasteiger partial charge in [0.1, 0.15) is 16.4 Å². The normalized spacial score (nSPS) is 11.0. The zero-order valence-corrected chi connectivity index (χ0v) is 17.5. The number of anilines is 1. The molecule has 0 saturated carbocycles. The number of carbonyl (C=O) groups is 1. The second-order valence-corrected chi connectivity index (χ2v) is 7.32. The average molecular weight is 452 g/mol. The largest absolute Gasteiger partial charge is 0.497 e. The fraction of sp³-hybridized carbons (Fsp3) is 0.0952. The number of nitrogens with zero attached hydrogens (tertiary/aromatic N) is 4. The molecule has 0 aliphatic rings. The minimum atomic E-state index is -0.658. The standard InChI is InChI=1S/C21H16N4O6S/c1-29-15-7-9-17-18(11-15)32-21(23-17)24(19(26)13-30-14-5-3-2-4-6-14)22-12-16-8-10-20(31-16)25(27)28/h2-12H,13H2,1H3/b22-12+. The van der Waals surface area contributed by atoms with Crippen LogP contribution in [0.1, 0.15) is 5.76 Å². The van der Waals surface area contributed by atoms with Gasteiger partial charge in [-0.1, -0.05) is 29.5 Å². The van der Waals surface area contributed by atoms with Gasteiger partial charge in [0.05, 0.1) is 29.6 Å². The Labute approximate surface area is 185 Å². The van der Waals surface area contributed by atoms with Gasteiger partial charge in [-0.05, 0) is 36.4 Å². The van der Waals surface area contributed by atoms with Crippen LogP contribution in [-0.2, 0) is 4.79 Å². The number of aromatic nitrogens is 1. The van der Waals surface area contributed by atoms with Gasteiger partial charge in [0, 0.05) is 0 Å². The lowest BCUT2D eigenvalue weighted by atomic mass is 10.3. The van der Waals surface area contributed by atoms with Gasteiger partial charge in [0.2, 0.25) is 5.13 Å². The first-order chi connectivity index (χ1) is 15.5. The van der Waals surface area contributed by atoms with E-state index < -0.39 is 16.7 Å². The van der Waals surface area contributed by atoms with Gasteiger partial charge >= 0.3 is 5.88 Å². The Morgan fingerprint density at radius 1 is 1.22 bits per heavy atom. The molecule has 2 aromatic carbocycles. The van der Waals surface area contributed by atoms with Crippen LogP contribution >= 0.6 is 11.3 Å². The van der Waals surface area contributed by atoms with Crippen molar-refractivity contribution in [3.05, 3.63) is 76.5 Å². The van der Waals surface area contributed by atoms with Crippen LogP contribution in [-0.4, -0.2) is 35.7 Å². The van der Waals surface area contributed by atoms with Crippen LogP contribution < -0.4 is 14.5 Å². The molecule has 0 unspecified atom stereocenters. The van der Waals surface area contributed by atoms with Crippen LogP contribution in [0, 0.1) is 10.1 Å². The number of methoxy groups -OCH3 is 1. The van der Waals surface area contributed by atoms with Gasteiger partial charge in [-0.25, -0.2) is 4.98 Å². The van der Waals surface area contributed by atoms with Crippen molar-refractivity contribution < 1.29 is 23.6 Å². The molecule has 2 aromatic heterocycles. The Kier molecular flexibility index (Phi) is 6.08. The van der Waals surface area contributed by atoms with Crippen molar-refractivity contribution in [2.24, 2.45) is 5.10 Å². The molecule has 0 radical (unpaired) electrons. The molecule has 0 saturated heterocycles. The van der Waals surface area contributed by atoms with E-state index in [4.69, 9.17) is 13.9 Å². The third-order valence-corrected chi connectivity index (χ3v) is 5.19. The number of nitro groups is 1. The fourth-order valence-corrected chi connectivity index (χ4v) is 3.65. The quantitative estimate of drug-likeness (QED) is 0.223. The summed E-state index contributed by atoms with van der Waals surface area (Å²) in [5.41, 5.74) is 0.663. The number of benzene rings is 2. The predicted molar refractivity (Wildman–Crippen MR) is 119 cm³/mol. The molecule has 0 N–H and O–H groups in total. The lowest BCUT2D eigenvalue weighted by molar-refractivity contribution is -0.402. The highest BCUT2D eigenvalue weighted by Gasteiger charge is 2.21.